The predicted octanol–water partition coefficient (Wildman–Crippen LogP) is 5.24. The monoisotopic (exact) mass is 482 g/mol. The van der Waals surface area contributed by atoms with Gasteiger partial charge in [0.15, 0.2) is 0 Å². The molecule has 0 aliphatic heterocycles. The Hall–Kier alpha value is -3.74. The molecule has 3 aromatic rings. The predicted molar refractivity (Wildman–Crippen MR) is 136 cm³/mol. The lowest BCUT2D eigenvalue weighted by molar-refractivity contribution is 0.368. The highest BCUT2D eigenvalue weighted by molar-refractivity contribution is 5.58. The minimum Gasteiger partial charge on any atom is -0.496 e. The standard InChI is InChI=1S/C28H34O7/c1-17-9-18(11-22-24(31-4)13-20(29-2)14-25(22)32-5)28(35-8)19(10-17)12-23-26(33-6)15-21(30-3)16-27(23)34-7/h9-10,13-16H,11-12H2,1-8H3. The molecule has 188 valence electrons. The van der Waals surface area contributed by atoms with Crippen LogP contribution in [-0.4, -0.2) is 49.8 Å². The van der Waals surface area contributed by atoms with Crippen molar-refractivity contribution in [3.63, 3.8) is 0 Å². The zero-order chi connectivity index (χ0) is 25.5. The van der Waals surface area contributed by atoms with Crippen molar-refractivity contribution in [3.05, 3.63) is 64.2 Å². The fourth-order valence-electron chi connectivity index (χ4n) is 4.34. The normalized spacial score (nSPS) is 10.5. The van der Waals surface area contributed by atoms with E-state index in [1.54, 1.807) is 49.8 Å². The van der Waals surface area contributed by atoms with E-state index >= 15 is 0 Å². The summed E-state index contributed by atoms with van der Waals surface area (Å²) in [5.41, 5.74) is 4.94. The molecule has 0 spiro atoms. The lowest BCUT2D eigenvalue weighted by Crippen LogP contribution is -2.05. The summed E-state index contributed by atoms with van der Waals surface area (Å²) in [5, 5.41) is 0. The van der Waals surface area contributed by atoms with Gasteiger partial charge in [-0.1, -0.05) is 17.7 Å². The number of hydrogen-bond acceptors (Lipinski definition) is 7. The molecule has 0 aliphatic rings. The fraction of sp³-hybridized carbons (Fsp3) is 0.357. The smallest absolute Gasteiger partial charge is 0.129 e. The molecule has 7 heteroatoms. The molecule has 7 nitrogen and oxygen atoms in total. The second-order valence-corrected chi connectivity index (χ2v) is 7.99. The molecule has 0 saturated heterocycles. The summed E-state index contributed by atoms with van der Waals surface area (Å²) >= 11 is 0. The summed E-state index contributed by atoms with van der Waals surface area (Å²) in [7, 11) is 11.5. The summed E-state index contributed by atoms with van der Waals surface area (Å²) in [4.78, 5) is 0. The van der Waals surface area contributed by atoms with Gasteiger partial charge >= 0.3 is 0 Å². The molecule has 0 atom stereocenters. The van der Waals surface area contributed by atoms with E-state index in [9.17, 15) is 0 Å². The number of ether oxygens (including phenoxy) is 7. The van der Waals surface area contributed by atoms with Crippen LogP contribution in [0.2, 0.25) is 0 Å². The van der Waals surface area contributed by atoms with Gasteiger partial charge in [-0.3, -0.25) is 0 Å². The first-order valence-corrected chi connectivity index (χ1v) is 11.2. The third kappa shape index (κ3) is 5.50. The van der Waals surface area contributed by atoms with E-state index in [4.69, 9.17) is 33.2 Å². The van der Waals surface area contributed by atoms with Crippen molar-refractivity contribution >= 4 is 0 Å². The van der Waals surface area contributed by atoms with Crippen molar-refractivity contribution in [3.8, 4) is 40.2 Å². The molecule has 0 N–H and O–H groups in total. The van der Waals surface area contributed by atoms with Crippen LogP contribution in [0.5, 0.6) is 40.2 Å². The lowest BCUT2D eigenvalue weighted by Gasteiger charge is -2.20. The van der Waals surface area contributed by atoms with Gasteiger partial charge in [-0.05, 0) is 18.1 Å². The molecule has 3 aromatic carbocycles. The summed E-state index contributed by atoms with van der Waals surface area (Å²) in [6.45, 7) is 2.07. The van der Waals surface area contributed by atoms with Crippen LogP contribution >= 0.6 is 0 Å². The van der Waals surface area contributed by atoms with Crippen LogP contribution in [-0.2, 0) is 12.8 Å². The van der Waals surface area contributed by atoms with E-state index in [0.717, 1.165) is 33.6 Å². The summed E-state index contributed by atoms with van der Waals surface area (Å²) in [6.07, 6.45) is 1.09. The summed E-state index contributed by atoms with van der Waals surface area (Å²) in [5.74, 6) is 4.86. The number of aryl methyl sites for hydroxylation is 1. The average Bonchev–Trinajstić information content (AvgIpc) is 2.88. The fourth-order valence-corrected chi connectivity index (χ4v) is 4.34. The number of rotatable bonds is 11. The van der Waals surface area contributed by atoms with Crippen molar-refractivity contribution in [1.82, 2.24) is 0 Å². The molecule has 3 rings (SSSR count). The molecule has 0 aliphatic carbocycles. The summed E-state index contributed by atoms with van der Waals surface area (Å²) in [6, 6.07) is 11.7. The molecule has 0 fully saturated rings. The lowest BCUT2D eigenvalue weighted by atomic mass is 9.94. The zero-order valence-corrected chi connectivity index (χ0v) is 21.7. The highest BCUT2D eigenvalue weighted by Gasteiger charge is 2.21. The molecule has 0 aromatic heterocycles. The first kappa shape index (κ1) is 25.9. The molecular formula is C28H34O7. The third-order valence-electron chi connectivity index (χ3n) is 5.96. The van der Waals surface area contributed by atoms with Gasteiger partial charge < -0.3 is 33.2 Å². The van der Waals surface area contributed by atoms with Crippen LogP contribution in [0.25, 0.3) is 0 Å². The number of hydrogen-bond donors (Lipinski definition) is 0. The molecule has 0 saturated carbocycles. The molecule has 0 bridgehead atoms. The second kappa shape index (κ2) is 11.6. The van der Waals surface area contributed by atoms with Crippen LogP contribution < -0.4 is 33.2 Å². The molecule has 0 amide bonds. The quantitative estimate of drug-likeness (QED) is 0.370. The van der Waals surface area contributed by atoms with E-state index in [2.05, 4.69) is 19.1 Å². The van der Waals surface area contributed by atoms with Gasteiger partial charge in [0.05, 0.1) is 49.8 Å². The van der Waals surface area contributed by atoms with Crippen molar-refractivity contribution < 1.29 is 33.2 Å². The average molecular weight is 483 g/mol. The Balaban J connectivity index is 2.12. The van der Waals surface area contributed by atoms with E-state index in [1.165, 1.54) is 0 Å². The number of benzene rings is 3. The topological polar surface area (TPSA) is 64.6 Å². The highest BCUT2D eigenvalue weighted by atomic mass is 16.5. The molecule has 35 heavy (non-hydrogen) atoms. The largest absolute Gasteiger partial charge is 0.496 e. The Morgan fingerprint density at radius 2 is 0.800 bits per heavy atom. The first-order chi connectivity index (χ1) is 16.9. The van der Waals surface area contributed by atoms with Crippen LogP contribution in [0.1, 0.15) is 27.8 Å². The minimum atomic E-state index is 0.547. The first-order valence-electron chi connectivity index (χ1n) is 11.2. The van der Waals surface area contributed by atoms with E-state index in [0.29, 0.717) is 47.3 Å². The van der Waals surface area contributed by atoms with Gasteiger partial charge in [0.1, 0.15) is 40.2 Å². The van der Waals surface area contributed by atoms with Crippen molar-refractivity contribution in [2.75, 3.05) is 49.8 Å². The van der Waals surface area contributed by atoms with Crippen LogP contribution in [0.15, 0.2) is 36.4 Å². The molecular weight excluding hydrogens is 448 g/mol. The van der Waals surface area contributed by atoms with Gasteiger partial charge in [0.2, 0.25) is 0 Å². The Morgan fingerprint density at radius 1 is 0.457 bits per heavy atom. The highest BCUT2D eigenvalue weighted by Crippen LogP contribution is 2.41. The van der Waals surface area contributed by atoms with Crippen molar-refractivity contribution in [2.45, 2.75) is 19.8 Å². The SMILES string of the molecule is COc1cc(OC)c(Cc2cc(C)cc(Cc3c(OC)cc(OC)cc3OC)c2OC)c(OC)c1. The Morgan fingerprint density at radius 3 is 1.06 bits per heavy atom. The van der Waals surface area contributed by atoms with E-state index < -0.39 is 0 Å². The van der Waals surface area contributed by atoms with Gasteiger partial charge in [-0.2, -0.15) is 0 Å². The Kier molecular flexibility index (Phi) is 8.58. The second-order valence-electron chi connectivity index (χ2n) is 7.99. The zero-order valence-electron chi connectivity index (χ0n) is 21.7. The van der Waals surface area contributed by atoms with Crippen LogP contribution in [0.3, 0.4) is 0 Å². The molecule has 0 unspecified atom stereocenters. The van der Waals surface area contributed by atoms with Gasteiger partial charge in [0, 0.05) is 48.2 Å². The number of methoxy groups -OCH3 is 7. The van der Waals surface area contributed by atoms with Gasteiger partial charge in [-0.15, -0.1) is 0 Å². The van der Waals surface area contributed by atoms with Crippen molar-refractivity contribution in [2.24, 2.45) is 0 Å². The molecule has 0 heterocycles. The molecule has 0 radical (unpaired) electrons. The third-order valence-corrected chi connectivity index (χ3v) is 5.96. The van der Waals surface area contributed by atoms with Crippen molar-refractivity contribution in [1.29, 1.82) is 0 Å². The minimum absolute atomic E-state index is 0.547. The summed E-state index contributed by atoms with van der Waals surface area (Å²) < 4.78 is 39.4. The van der Waals surface area contributed by atoms with Gasteiger partial charge in [-0.25, -0.2) is 0 Å². The maximum absolute atomic E-state index is 5.95. The maximum Gasteiger partial charge on any atom is 0.129 e. The Labute approximate surface area is 207 Å². The van der Waals surface area contributed by atoms with E-state index in [-0.39, 0.29) is 0 Å². The van der Waals surface area contributed by atoms with E-state index in [1.807, 2.05) is 24.3 Å². The van der Waals surface area contributed by atoms with Crippen LogP contribution in [0, 0.1) is 6.92 Å². The van der Waals surface area contributed by atoms with Gasteiger partial charge in [0.25, 0.3) is 0 Å². The Bertz CT molecular complexity index is 1030. The van der Waals surface area contributed by atoms with Crippen LogP contribution in [0.4, 0.5) is 0 Å². The maximum atomic E-state index is 5.95.